The van der Waals surface area contributed by atoms with Crippen molar-refractivity contribution in [2.24, 2.45) is 0 Å². The second kappa shape index (κ2) is 5.48. The van der Waals surface area contributed by atoms with Crippen molar-refractivity contribution in [2.75, 3.05) is 5.32 Å². The van der Waals surface area contributed by atoms with Crippen LogP contribution < -0.4 is 11.0 Å². The molecule has 0 atom stereocenters. The Bertz CT molecular complexity index is 621. The summed E-state index contributed by atoms with van der Waals surface area (Å²) >= 11 is 0. The Morgan fingerprint density at radius 1 is 1.26 bits per heavy atom. The lowest BCUT2D eigenvalue weighted by molar-refractivity contribution is -0.115. The van der Waals surface area contributed by atoms with Crippen LogP contribution >= 0.6 is 0 Å². The van der Waals surface area contributed by atoms with E-state index in [1.165, 1.54) is 0 Å². The topological polar surface area (TPSA) is 74.8 Å². The fourth-order valence-electron chi connectivity index (χ4n) is 1.90. The number of aromatic nitrogens is 2. The highest BCUT2D eigenvalue weighted by molar-refractivity contribution is 5.92. The molecule has 0 aliphatic rings. The number of para-hydroxylation sites is 1. The molecule has 5 nitrogen and oxygen atoms in total. The van der Waals surface area contributed by atoms with Crippen LogP contribution in [0.3, 0.4) is 0 Å². The summed E-state index contributed by atoms with van der Waals surface area (Å²) in [6, 6.07) is 9.24. The quantitative estimate of drug-likeness (QED) is 0.876. The van der Waals surface area contributed by atoms with Crippen molar-refractivity contribution in [3.63, 3.8) is 0 Å². The highest BCUT2D eigenvalue weighted by Gasteiger charge is 2.11. The maximum atomic E-state index is 11.9. The van der Waals surface area contributed by atoms with Crippen LogP contribution in [0.25, 0.3) is 0 Å². The van der Waals surface area contributed by atoms with Gasteiger partial charge in [0.15, 0.2) is 0 Å². The first kappa shape index (κ1) is 13.0. The summed E-state index contributed by atoms with van der Waals surface area (Å²) < 4.78 is 0. The smallest absolute Gasteiger partial charge is 0.326 e. The Labute approximate surface area is 110 Å². The SMILES string of the molecule is Cc1nc(=O)[nH]c(C)c1CC(=O)Nc1ccccc1. The van der Waals surface area contributed by atoms with Crippen LogP contribution in [0, 0.1) is 13.8 Å². The second-order valence-electron chi connectivity index (χ2n) is 4.32. The third-order valence-corrected chi connectivity index (χ3v) is 2.85. The first-order chi connectivity index (χ1) is 9.06. The summed E-state index contributed by atoms with van der Waals surface area (Å²) in [5.74, 6) is -0.133. The number of benzene rings is 1. The zero-order chi connectivity index (χ0) is 13.8. The number of carbonyl (C=O) groups excluding carboxylic acids is 1. The van der Waals surface area contributed by atoms with Crippen molar-refractivity contribution < 1.29 is 4.79 Å². The summed E-state index contributed by atoms with van der Waals surface area (Å²) in [6.45, 7) is 3.49. The summed E-state index contributed by atoms with van der Waals surface area (Å²) in [7, 11) is 0. The van der Waals surface area contributed by atoms with Crippen molar-refractivity contribution >= 4 is 11.6 Å². The monoisotopic (exact) mass is 257 g/mol. The maximum Gasteiger partial charge on any atom is 0.345 e. The van der Waals surface area contributed by atoms with Crippen LogP contribution in [-0.4, -0.2) is 15.9 Å². The predicted octanol–water partition coefficient (Wildman–Crippen LogP) is 1.57. The molecule has 2 aromatic rings. The van der Waals surface area contributed by atoms with Crippen LogP contribution in [0.2, 0.25) is 0 Å². The normalized spacial score (nSPS) is 10.2. The van der Waals surface area contributed by atoms with Gasteiger partial charge in [-0.1, -0.05) is 18.2 Å². The van der Waals surface area contributed by atoms with Gasteiger partial charge in [-0.2, -0.15) is 4.98 Å². The fourth-order valence-corrected chi connectivity index (χ4v) is 1.90. The van der Waals surface area contributed by atoms with Gasteiger partial charge in [0, 0.05) is 22.6 Å². The number of nitrogens with one attached hydrogen (secondary N) is 2. The van der Waals surface area contributed by atoms with Gasteiger partial charge >= 0.3 is 5.69 Å². The number of anilines is 1. The van der Waals surface area contributed by atoms with E-state index in [2.05, 4.69) is 15.3 Å². The van der Waals surface area contributed by atoms with Crippen molar-refractivity contribution in [1.29, 1.82) is 0 Å². The highest BCUT2D eigenvalue weighted by atomic mass is 16.1. The Morgan fingerprint density at radius 3 is 2.58 bits per heavy atom. The standard InChI is InChI=1S/C14H15N3O2/c1-9-12(10(2)16-14(19)15-9)8-13(18)17-11-6-4-3-5-7-11/h3-7H,8H2,1-2H3,(H,17,18)(H,15,16,19). The van der Waals surface area contributed by atoms with Crippen LogP contribution in [-0.2, 0) is 11.2 Å². The summed E-state index contributed by atoms with van der Waals surface area (Å²) in [6.07, 6.45) is 0.191. The van der Waals surface area contributed by atoms with E-state index in [9.17, 15) is 9.59 Å². The van der Waals surface area contributed by atoms with Gasteiger partial charge in [-0.05, 0) is 26.0 Å². The fraction of sp³-hybridized carbons (Fsp3) is 0.214. The molecule has 5 heteroatoms. The van der Waals surface area contributed by atoms with Gasteiger partial charge in [0.2, 0.25) is 5.91 Å². The number of hydrogen-bond donors (Lipinski definition) is 2. The number of rotatable bonds is 3. The molecule has 0 fully saturated rings. The average molecular weight is 257 g/mol. The molecule has 0 aliphatic heterocycles. The molecule has 0 saturated carbocycles. The largest absolute Gasteiger partial charge is 0.345 e. The van der Waals surface area contributed by atoms with E-state index < -0.39 is 0 Å². The summed E-state index contributed by atoms with van der Waals surface area (Å²) in [5.41, 5.74) is 2.39. The molecule has 1 heterocycles. The third-order valence-electron chi connectivity index (χ3n) is 2.85. The van der Waals surface area contributed by atoms with Gasteiger partial charge in [0.1, 0.15) is 0 Å². The van der Waals surface area contributed by atoms with Crippen molar-refractivity contribution in [1.82, 2.24) is 9.97 Å². The second-order valence-corrected chi connectivity index (χ2v) is 4.32. The van der Waals surface area contributed by atoms with Gasteiger partial charge in [-0.25, -0.2) is 4.79 Å². The molecular weight excluding hydrogens is 242 g/mol. The summed E-state index contributed by atoms with van der Waals surface area (Å²) in [4.78, 5) is 29.5. The predicted molar refractivity (Wildman–Crippen MR) is 73.1 cm³/mol. The van der Waals surface area contributed by atoms with E-state index in [4.69, 9.17) is 0 Å². The molecule has 19 heavy (non-hydrogen) atoms. The van der Waals surface area contributed by atoms with Crippen LogP contribution in [0.4, 0.5) is 5.69 Å². The van der Waals surface area contributed by atoms with Crippen LogP contribution in [0.15, 0.2) is 35.1 Å². The molecule has 0 saturated heterocycles. The van der Waals surface area contributed by atoms with E-state index >= 15 is 0 Å². The van der Waals surface area contributed by atoms with Crippen molar-refractivity contribution in [3.8, 4) is 0 Å². The maximum absolute atomic E-state index is 11.9. The number of aryl methyl sites for hydroxylation is 2. The molecule has 0 aliphatic carbocycles. The molecule has 0 bridgehead atoms. The Morgan fingerprint density at radius 2 is 1.95 bits per heavy atom. The Hall–Kier alpha value is -2.43. The molecule has 2 rings (SSSR count). The molecule has 98 valence electrons. The lowest BCUT2D eigenvalue weighted by Gasteiger charge is -2.09. The number of carbonyl (C=O) groups is 1. The number of H-pyrrole nitrogens is 1. The lowest BCUT2D eigenvalue weighted by Crippen LogP contribution is -2.21. The molecule has 2 N–H and O–H groups in total. The Balaban J connectivity index is 2.14. The van der Waals surface area contributed by atoms with E-state index in [1.807, 2.05) is 30.3 Å². The van der Waals surface area contributed by atoms with Gasteiger partial charge in [0.25, 0.3) is 0 Å². The number of amides is 1. The average Bonchev–Trinajstić information content (AvgIpc) is 2.35. The molecule has 1 aromatic carbocycles. The molecule has 1 aromatic heterocycles. The number of aromatic amines is 1. The minimum atomic E-state index is -0.387. The Kier molecular flexibility index (Phi) is 3.75. The van der Waals surface area contributed by atoms with E-state index in [1.54, 1.807) is 13.8 Å². The van der Waals surface area contributed by atoms with Gasteiger partial charge in [-0.3, -0.25) is 4.79 Å². The first-order valence-corrected chi connectivity index (χ1v) is 5.97. The molecule has 0 radical (unpaired) electrons. The molecule has 0 unspecified atom stereocenters. The van der Waals surface area contributed by atoms with Gasteiger partial charge in [-0.15, -0.1) is 0 Å². The van der Waals surface area contributed by atoms with Gasteiger partial charge < -0.3 is 10.3 Å². The van der Waals surface area contributed by atoms with E-state index in [0.29, 0.717) is 11.4 Å². The van der Waals surface area contributed by atoms with Crippen LogP contribution in [0.5, 0.6) is 0 Å². The highest BCUT2D eigenvalue weighted by Crippen LogP contribution is 2.10. The van der Waals surface area contributed by atoms with Crippen LogP contribution in [0.1, 0.15) is 17.0 Å². The van der Waals surface area contributed by atoms with E-state index in [0.717, 1.165) is 11.3 Å². The first-order valence-electron chi connectivity index (χ1n) is 5.97. The third kappa shape index (κ3) is 3.28. The zero-order valence-corrected chi connectivity index (χ0v) is 10.9. The molecule has 0 spiro atoms. The number of hydrogen-bond acceptors (Lipinski definition) is 3. The minimum Gasteiger partial charge on any atom is -0.326 e. The lowest BCUT2D eigenvalue weighted by atomic mass is 10.1. The summed E-state index contributed by atoms with van der Waals surface area (Å²) in [5, 5.41) is 2.80. The molecular formula is C14H15N3O2. The van der Waals surface area contributed by atoms with E-state index in [-0.39, 0.29) is 18.0 Å². The van der Waals surface area contributed by atoms with Crippen molar-refractivity contribution in [2.45, 2.75) is 20.3 Å². The minimum absolute atomic E-state index is 0.133. The molecule has 1 amide bonds. The number of nitrogens with zero attached hydrogens (tertiary/aromatic N) is 1. The van der Waals surface area contributed by atoms with Crippen molar-refractivity contribution in [3.05, 3.63) is 57.8 Å². The van der Waals surface area contributed by atoms with Gasteiger partial charge in [0.05, 0.1) is 6.42 Å². The zero-order valence-electron chi connectivity index (χ0n) is 10.9.